The van der Waals surface area contributed by atoms with E-state index in [9.17, 15) is 29.1 Å². The lowest BCUT2D eigenvalue weighted by Gasteiger charge is -2.28. The van der Waals surface area contributed by atoms with Crippen LogP contribution in [0, 0.1) is 5.92 Å². The first-order valence-corrected chi connectivity index (χ1v) is 10.7. The quantitative estimate of drug-likeness (QED) is 0.177. The second-order valence-corrected chi connectivity index (χ2v) is 8.25. The van der Waals surface area contributed by atoms with Crippen LogP contribution in [0.4, 0.5) is 0 Å². The zero-order valence-electron chi connectivity index (χ0n) is 19.2. The number of nitrogens with one attached hydrogen (secondary N) is 3. The predicted octanol–water partition coefficient (Wildman–Crippen LogP) is -1.39. The lowest BCUT2D eigenvalue weighted by atomic mass is 10.0. The SMILES string of the molecule is CC(C)C(NC(=O)C(N)Cc1ccccc1)C(=O)NC(C(=O)NC(CC(=O)O)C(=O)O)C(C)O. The van der Waals surface area contributed by atoms with Gasteiger partial charge in [0.05, 0.1) is 18.6 Å². The Morgan fingerprint density at radius 1 is 0.853 bits per heavy atom. The maximum absolute atomic E-state index is 12.8. The molecule has 0 heterocycles. The summed E-state index contributed by atoms with van der Waals surface area (Å²) in [6, 6.07) is 3.62. The maximum atomic E-state index is 12.8. The number of aliphatic hydroxyl groups is 1. The maximum Gasteiger partial charge on any atom is 0.326 e. The lowest BCUT2D eigenvalue weighted by molar-refractivity contribution is -0.148. The molecule has 0 radical (unpaired) electrons. The highest BCUT2D eigenvalue weighted by Crippen LogP contribution is 2.07. The fraction of sp³-hybridized carbons (Fsp3) is 0.500. The van der Waals surface area contributed by atoms with E-state index in [1.54, 1.807) is 38.1 Å². The third-order valence-electron chi connectivity index (χ3n) is 4.94. The Bertz CT molecular complexity index is 875. The molecule has 1 aromatic carbocycles. The van der Waals surface area contributed by atoms with Crippen LogP contribution < -0.4 is 21.7 Å². The predicted molar refractivity (Wildman–Crippen MR) is 120 cm³/mol. The summed E-state index contributed by atoms with van der Waals surface area (Å²) in [5.74, 6) is -5.97. The van der Waals surface area contributed by atoms with Gasteiger partial charge in [-0.25, -0.2) is 4.79 Å². The van der Waals surface area contributed by atoms with Gasteiger partial charge in [0.2, 0.25) is 17.7 Å². The zero-order valence-corrected chi connectivity index (χ0v) is 19.2. The van der Waals surface area contributed by atoms with E-state index in [0.717, 1.165) is 5.56 Å². The number of aliphatic hydroxyl groups excluding tert-OH is 1. The van der Waals surface area contributed by atoms with Crippen molar-refractivity contribution in [1.29, 1.82) is 0 Å². The number of benzene rings is 1. The first-order valence-electron chi connectivity index (χ1n) is 10.7. The molecule has 8 N–H and O–H groups in total. The number of aliphatic carboxylic acids is 2. The third kappa shape index (κ3) is 9.16. The van der Waals surface area contributed by atoms with Crippen molar-refractivity contribution in [3.8, 4) is 0 Å². The minimum Gasteiger partial charge on any atom is -0.481 e. The second-order valence-electron chi connectivity index (χ2n) is 8.25. The smallest absolute Gasteiger partial charge is 0.326 e. The standard InChI is InChI=1S/C22H32N4O8/c1-11(2)17(25-19(30)14(23)9-13-7-5-4-6-8-13)20(31)26-18(12(3)27)21(32)24-15(22(33)34)10-16(28)29/h4-8,11-12,14-15,17-18,27H,9-10,23H2,1-3H3,(H,24,32)(H,25,30)(H,26,31)(H,28,29)(H,33,34). The molecule has 0 aliphatic heterocycles. The van der Waals surface area contributed by atoms with E-state index in [0.29, 0.717) is 0 Å². The summed E-state index contributed by atoms with van der Waals surface area (Å²) in [7, 11) is 0. The van der Waals surface area contributed by atoms with Gasteiger partial charge in [-0.2, -0.15) is 0 Å². The molecule has 0 aliphatic rings. The van der Waals surface area contributed by atoms with Gasteiger partial charge in [0, 0.05) is 0 Å². The van der Waals surface area contributed by atoms with Gasteiger partial charge in [0.15, 0.2) is 0 Å². The fourth-order valence-corrected chi connectivity index (χ4v) is 3.04. The molecule has 0 saturated heterocycles. The summed E-state index contributed by atoms with van der Waals surface area (Å²) in [5.41, 5.74) is 6.80. The van der Waals surface area contributed by atoms with E-state index in [1.807, 2.05) is 11.4 Å². The van der Waals surface area contributed by atoms with Gasteiger partial charge in [-0.1, -0.05) is 44.2 Å². The second kappa shape index (κ2) is 13.3. The van der Waals surface area contributed by atoms with Crippen molar-refractivity contribution in [3.05, 3.63) is 35.9 Å². The largest absolute Gasteiger partial charge is 0.481 e. The van der Waals surface area contributed by atoms with Crippen LogP contribution in [0.1, 0.15) is 32.8 Å². The first-order chi connectivity index (χ1) is 15.8. The number of carboxylic acids is 2. The minimum absolute atomic E-state index is 0.234. The first kappa shape index (κ1) is 28.5. The van der Waals surface area contributed by atoms with Gasteiger partial charge < -0.3 is 37.0 Å². The third-order valence-corrected chi connectivity index (χ3v) is 4.94. The van der Waals surface area contributed by atoms with E-state index in [4.69, 9.17) is 15.9 Å². The molecule has 3 amide bonds. The van der Waals surface area contributed by atoms with Crippen LogP contribution in [-0.2, 0) is 30.4 Å². The Morgan fingerprint density at radius 2 is 1.38 bits per heavy atom. The van der Waals surface area contributed by atoms with Crippen molar-refractivity contribution < 1.29 is 39.3 Å². The fourth-order valence-electron chi connectivity index (χ4n) is 3.04. The molecule has 0 spiro atoms. The average molecular weight is 481 g/mol. The number of carbonyl (C=O) groups is 5. The number of carboxylic acid groups (broad SMARTS) is 2. The highest BCUT2D eigenvalue weighted by molar-refractivity contribution is 5.95. The molecule has 0 saturated carbocycles. The molecular formula is C22H32N4O8. The highest BCUT2D eigenvalue weighted by Gasteiger charge is 2.34. The Balaban J connectivity index is 2.89. The van der Waals surface area contributed by atoms with Crippen molar-refractivity contribution in [1.82, 2.24) is 16.0 Å². The molecule has 188 valence electrons. The summed E-state index contributed by atoms with van der Waals surface area (Å²) in [5, 5.41) is 34.7. The number of nitrogens with two attached hydrogens (primary N) is 1. The molecule has 0 aromatic heterocycles. The van der Waals surface area contributed by atoms with Gasteiger partial charge >= 0.3 is 11.9 Å². The van der Waals surface area contributed by atoms with Crippen LogP contribution in [0.3, 0.4) is 0 Å². The van der Waals surface area contributed by atoms with Crippen molar-refractivity contribution in [2.24, 2.45) is 11.7 Å². The Hall–Kier alpha value is -3.51. The summed E-state index contributed by atoms with van der Waals surface area (Å²) in [6.45, 7) is 4.49. The molecule has 5 atom stereocenters. The molecule has 0 aliphatic carbocycles. The van der Waals surface area contributed by atoms with Crippen molar-refractivity contribution in [3.63, 3.8) is 0 Å². The van der Waals surface area contributed by atoms with Crippen LogP contribution in [0.2, 0.25) is 0 Å². The Labute approximate surface area is 196 Å². The molecule has 0 fully saturated rings. The van der Waals surface area contributed by atoms with E-state index in [2.05, 4.69) is 10.6 Å². The van der Waals surface area contributed by atoms with Crippen LogP contribution in [0.5, 0.6) is 0 Å². The highest BCUT2D eigenvalue weighted by atomic mass is 16.4. The zero-order chi connectivity index (χ0) is 26.0. The lowest BCUT2D eigenvalue weighted by Crippen LogP contribution is -2.61. The van der Waals surface area contributed by atoms with Gasteiger partial charge in [0.25, 0.3) is 0 Å². The average Bonchev–Trinajstić information content (AvgIpc) is 2.74. The number of hydrogen-bond acceptors (Lipinski definition) is 7. The Kier molecular flexibility index (Phi) is 11.1. The van der Waals surface area contributed by atoms with E-state index in [-0.39, 0.29) is 6.42 Å². The molecule has 34 heavy (non-hydrogen) atoms. The Morgan fingerprint density at radius 3 is 1.85 bits per heavy atom. The van der Waals surface area contributed by atoms with Gasteiger partial charge in [-0.3, -0.25) is 19.2 Å². The molecule has 5 unspecified atom stereocenters. The van der Waals surface area contributed by atoms with E-state index in [1.165, 1.54) is 6.92 Å². The van der Waals surface area contributed by atoms with Crippen LogP contribution >= 0.6 is 0 Å². The molecule has 12 heteroatoms. The summed E-state index contributed by atoms with van der Waals surface area (Å²) >= 11 is 0. The van der Waals surface area contributed by atoms with Gasteiger partial charge in [-0.15, -0.1) is 0 Å². The monoisotopic (exact) mass is 480 g/mol. The van der Waals surface area contributed by atoms with Gasteiger partial charge in [-0.05, 0) is 24.8 Å². The number of rotatable bonds is 13. The van der Waals surface area contributed by atoms with E-state index < -0.39 is 72.3 Å². The number of amides is 3. The molecule has 1 rings (SSSR count). The summed E-state index contributed by atoms with van der Waals surface area (Å²) in [6.07, 6.45) is -2.11. The van der Waals surface area contributed by atoms with Crippen molar-refractivity contribution in [2.45, 2.75) is 63.9 Å². The molecule has 1 aromatic rings. The van der Waals surface area contributed by atoms with Crippen LogP contribution in [0.15, 0.2) is 30.3 Å². The van der Waals surface area contributed by atoms with Crippen LogP contribution in [0.25, 0.3) is 0 Å². The number of hydrogen-bond donors (Lipinski definition) is 7. The normalized spacial score (nSPS) is 15.4. The number of carbonyl (C=O) groups excluding carboxylic acids is 3. The van der Waals surface area contributed by atoms with Gasteiger partial charge in [0.1, 0.15) is 18.1 Å². The van der Waals surface area contributed by atoms with Crippen LogP contribution in [-0.4, -0.2) is 75.3 Å². The molecule has 0 bridgehead atoms. The van der Waals surface area contributed by atoms with Crippen molar-refractivity contribution in [2.75, 3.05) is 0 Å². The summed E-state index contributed by atoms with van der Waals surface area (Å²) < 4.78 is 0. The molecule has 12 nitrogen and oxygen atoms in total. The molecular weight excluding hydrogens is 448 g/mol. The van der Waals surface area contributed by atoms with Crippen molar-refractivity contribution >= 4 is 29.7 Å². The topological polar surface area (TPSA) is 208 Å². The summed E-state index contributed by atoms with van der Waals surface area (Å²) in [4.78, 5) is 60.0. The van der Waals surface area contributed by atoms with E-state index >= 15 is 0 Å². The minimum atomic E-state index is -1.76.